The molecule has 140 valence electrons. The molecule has 0 spiro atoms. The number of nitrogens with one attached hydrogen (secondary N) is 1. The Balaban J connectivity index is 1.81. The predicted molar refractivity (Wildman–Crippen MR) is 105 cm³/mol. The number of carbonyl (C=O) groups is 1. The maximum Gasteiger partial charge on any atom is 0.269 e. The fourth-order valence-electron chi connectivity index (χ4n) is 3.54. The smallest absolute Gasteiger partial charge is 0.269 e. The van der Waals surface area contributed by atoms with E-state index >= 15 is 0 Å². The number of sulfone groups is 1. The van der Waals surface area contributed by atoms with E-state index in [0.717, 1.165) is 13.1 Å². The van der Waals surface area contributed by atoms with Crippen LogP contribution >= 0.6 is 0 Å². The summed E-state index contributed by atoms with van der Waals surface area (Å²) in [6.07, 6.45) is 0. The Morgan fingerprint density at radius 3 is 2.26 bits per heavy atom. The molecule has 1 N–H and O–H groups in total. The minimum Gasteiger partial charge on any atom is -0.367 e. The Kier molecular flexibility index (Phi) is 4.49. The molecule has 2 aliphatic heterocycles. The van der Waals surface area contributed by atoms with Crippen LogP contribution in [0.3, 0.4) is 0 Å². The van der Waals surface area contributed by atoms with Crippen molar-refractivity contribution in [3.8, 4) is 0 Å². The summed E-state index contributed by atoms with van der Waals surface area (Å²) < 4.78 is 26.4. The van der Waals surface area contributed by atoms with Crippen molar-refractivity contribution in [2.45, 2.75) is 4.90 Å². The molecule has 1 amide bonds. The van der Waals surface area contributed by atoms with Gasteiger partial charge in [-0.3, -0.25) is 4.79 Å². The highest BCUT2D eigenvalue weighted by Gasteiger charge is 2.42. The van der Waals surface area contributed by atoms with Gasteiger partial charge in [-0.15, -0.1) is 0 Å². The molecule has 6 nitrogen and oxygen atoms in total. The summed E-state index contributed by atoms with van der Waals surface area (Å²) in [4.78, 5) is 17.3. The monoisotopic (exact) mass is 383 g/mol. The number of anilines is 1. The van der Waals surface area contributed by atoms with Crippen LogP contribution in [0.25, 0.3) is 5.70 Å². The van der Waals surface area contributed by atoms with Gasteiger partial charge >= 0.3 is 0 Å². The fraction of sp³-hybridized carbons (Fsp3) is 0.250. The third-order valence-corrected chi connectivity index (χ3v) is 6.82. The van der Waals surface area contributed by atoms with Crippen LogP contribution in [0.5, 0.6) is 0 Å². The van der Waals surface area contributed by atoms with E-state index in [1.54, 1.807) is 42.5 Å². The topological polar surface area (TPSA) is 69.7 Å². The van der Waals surface area contributed by atoms with E-state index in [-0.39, 0.29) is 9.80 Å². The largest absolute Gasteiger partial charge is 0.367 e. The van der Waals surface area contributed by atoms with E-state index in [9.17, 15) is 13.2 Å². The number of piperazine rings is 1. The Labute approximate surface area is 159 Å². The van der Waals surface area contributed by atoms with Crippen LogP contribution in [-0.4, -0.2) is 57.4 Å². The maximum atomic E-state index is 13.2. The van der Waals surface area contributed by atoms with Gasteiger partial charge in [0.15, 0.2) is 4.91 Å². The zero-order valence-electron chi connectivity index (χ0n) is 15.1. The van der Waals surface area contributed by atoms with Crippen molar-refractivity contribution < 1.29 is 13.2 Å². The number of rotatable bonds is 3. The molecule has 2 aromatic rings. The van der Waals surface area contributed by atoms with Crippen LogP contribution in [0.4, 0.5) is 5.69 Å². The first-order chi connectivity index (χ1) is 13.0. The van der Waals surface area contributed by atoms with Gasteiger partial charge < -0.3 is 15.1 Å². The molecule has 0 aliphatic carbocycles. The van der Waals surface area contributed by atoms with Gasteiger partial charge in [0.1, 0.15) is 0 Å². The molecule has 1 saturated heterocycles. The number of amides is 1. The van der Waals surface area contributed by atoms with Crippen molar-refractivity contribution in [3.05, 3.63) is 65.1 Å². The van der Waals surface area contributed by atoms with Gasteiger partial charge in [0, 0.05) is 37.4 Å². The summed E-state index contributed by atoms with van der Waals surface area (Å²) in [5, 5.41) is 2.74. The number of benzene rings is 2. The molecule has 4 rings (SSSR count). The first-order valence-electron chi connectivity index (χ1n) is 8.87. The van der Waals surface area contributed by atoms with E-state index in [2.05, 4.69) is 10.2 Å². The number of para-hydroxylation sites is 1. The molecule has 0 radical (unpaired) electrons. The van der Waals surface area contributed by atoms with Crippen LogP contribution < -0.4 is 5.32 Å². The molecular weight excluding hydrogens is 362 g/mol. The third kappa shape index (κ3) is 3.13. The molecule has 2 heterocycles. The molecule has 0 saturated carbocycles. The second kappa shape index (κ2) is 6.83. The first-order valence-corrected chi connectivity index (χ1v) is 10.4. The summed E-state index contributed by atoms with van der Waals surface area (Å²) in [6, 6.07) is 15.8. The molecule has 0 aromatic heterocycles. The van der Waals surface area contributed by atoms with Crippen molar-refractivity contribution in [2.75, 3.05) is 38.5 Å². The fourth-order valence-corrected chi connectivity index (χ4v) is 5.26. The number of hydrogen-bond acceptors (Lipinski definition) is 5. The Morgan fingerprint density at radius 2 is 1.56 bits per heavy atom. The van der Waals surface area contributed by atoms with Crippen molar-refractivity contribution in [1.82, 2.24) is 9.80 Å². The molecule has 0 atom stereocenters. The molecule has 0 bridgehead atoms. The summed E-state index contributed by atoms with van der Waals surface area (Å²) in [6.45, 7) is 2.99. The summed E-state index contributed by atoms with van der Waals surface area (Å²) >= 11 is 0. The summed E-state index contributed by atoms with van der Waals surface area (Å²) in [5.41, 5.74) is 1.70. The van der Waals surface area contributed by atoms with Gasteiger partial charge in [0.25, 0.3) is 5.91 Å². The normalized spacial score (nSPS) is 19.1. The van der Waals surface area contributed by atoms with Crippen LogP contribution in [-0.2, 0) is 14.6 Å². The standard InChI is InChI=1S/C20H21N3O3S/c1-22-11-13-23(14-12-22)18-16-9-5-6-10-17(16)27(25,26)19(18)20(24)21-15-7-3-2-4-8-15/h2-10H,11-14H2,1H3,(H,21,24). The zero-order chi connectivity index (χ0) is 19.0. The van der Waals surface area contributed by atoms with Gasteiger partial charge in [-0.2, -0.15) is 0 Å². The number of likely N-dealkylation sites (N-methyl/N-ethyl adjacent to an activating group) is 1. The van der Waals surface area contributed by atoms with Crippen molar-refractivity contribution in [3.63, 3.8) is 0 Å². The molecule has 1 fully saturated rings. The number of nitrogens with zero attached hydrogens (tertiary/aromatic N) is 2. The zero-order valence-corrected chi connectivity index (χ0v) is 15.9. The Morgan fingerprint density at radius 1 is 0.926 bits per heavy atom. The van der Waals surface area contributed by atoms with E-state index in [1.807, 2.05) is 24.1 Å². The van der Waals surface area contributed by atoms with E-state index in [4.69, 9.17) is 0 Å². The number of hydrogen-bond donors (Lipinski definition) is 1. The van der Waals surface area contributed by atoms with Crippen molar-refractivity contribution >= 4 is 27.1 Å². The minimum atomic E-state index is -3.87. The molecular formula is C20H21N3O3S. The minimum absolute atomic E-state index is 0.155. The summed E-state index contributed by atoms with van der Waals surface area (Å²) in [7, 11) is -1.83. The van der Waals surface area contributed by atoms with Gasteiger partial charge in [-0.05, 0) is 25.2 Å². The quantitative estimate of drug-likeness (QED) is 0.878. The average Bonchev–Trinajstić information content (AvgIpc) is 2.91. The molecule has 2 aliphatic rings. The van der Waals surface area contributed by atoms with Crippen LogP contribution in [0.1, 0.15) is 5.56 Å². The lowest BCUT2D eigenvalue weighted by Crippen LogP contribution is -2.43. The van der Waals surface area contributed by atoms with Crippen LogP contribution in [0.15, 0.2) is 64.4 Å². The number of fused-ring (bicyclic) bond motifs is 1. The highest BCUT2D eigenvalue weighted by atomic mass is 32.2. The predicted octanol–water partition coefficient (Wildman–Crippen LogP) is 2.03. The summed E-state index contributed by atoms with van der Waals surface area (Å²) in [5.74, 6) is -0.591. The molecule has 7 heteroatoms. The van der Waals surface area contributed by atoms with Crippen LogP contribution in [0, 0.1) is 0 Å². The average molecular weight is 383 g/mol. The first kappa shape index (κ1) is 17.8. The second-order valence-corrected chi connectivity index (χ2v) is 8.64. The maximum absolute atomic E-state index is 13.2. The van der Waals surface area contributed by atoms with Gasteiger partial charge in [0.05, 0.1) is 10.6 Å². The third-order valence-electron chi connectivity index (χ3n) is 4.97. The van der Waals surface area contributed by atoms with E-state index in [0.29, 0.717) is 30.0 Å². The second-order valence-electron chi connectivity index (χ2n) is 6.79. The molecule has 27 heavy (non-hydrogen) atoms. The van der Waals surface area contributed by atoms with Gasteiger partial charge in [0.2, 0.25) is 9.84 Å². The van der Waals surface area contributed by atoms with Crippen molar-refractivity contribution in [1.29, 1.82) is 0 Å². The van der Waals surface area contributed by atoms with Crippen LogP contribution in [0.2, 0.25) is 0 Å². The lowest BCUT2D eigenvalue weighted by molar-refractivity contribution is -0.112. The van der Waals surface area contributed by atoms with E-state index in [1.165, 1.54) is 0 Å². The van der Waals surface area contributed by atoms with Gasteiger partial charge in [-0.25, -0.2) is 8.42 Å². The van der Waals surface area contributed by atoms with Crippen molar-refractivity contribution in [2.24, 2.45) is 0 Å². The highest BCUT2D eigenvalue weighted by Crippen LogP contribution is 2.41. The van der Waals surface area contributed by atoms with Gasteiger partial charge in [-0.1, -0.05) is 36.4 Å². The highest BCUT2D eigenvalue weighted by molar-refractivity contribution is 7.97. The molecule has 0 unspecified atom stereocenters. The Bertz CT molecular complexity index is 1010. The SMILES string of the molecule is CN1CCN(C2=C(C(=O)Nc3ccccc3)S(=O)(=O)c3ccccc32)CC1. The lowest BCUT2D eigenvalue weighted by atomic mass is 10.1. The lowest BCUT2D eigenvalue weighted by Gasteiger charge is -2.35. The van der Waals surface area contributed by atoms with E-state index < -0.39 is 15.7 Å². The Hall–Kier alpha value is -2.64. The molecule has 2 aromatic carbocycles. The number of carbonyl (C=O) groups excluding carboxylic acids is 1.